The molecule has 3 atom stereocenters. The van der Waals surface area contributed by atoms with Gasteiger partial charge in [0.2, 0.25) is 5.91 Å². The van der Waals surface area contributed by atoms with Crippen molar-refractivity contribution in [3.63, 3.8) is 0 Å². The fourth-order valence-corrected chi connectivity index (χ4v) is 3.08. The van der Waals surface area contributed by atoms with Gasteiger partial charge >= 0.3 is 5.97 Å². The maximum Gasteiger partial charge on any atom is 0.311 e. The fourth-order valence-electron chi connectivity index (χ4n) is 3.08. The van der Waals surface area contributed by atoms with E-state index >= 15 is 0 Å². The molecular weight excluding hydrogens is 246 g/mol. The first-order valence-electron chi connectivity index (χ1n) is 7.17. The van der Waals surface area contributed by atoms with E-state index in [1.54, 1.807) is 6.92 Å². The zero-order valence-corrected chi connectivity index (χ0v) is 11.5. The standard InChI is InChI=1S/C14H23NO4/c1-14(13(17)18)7-4-6-11(14)15-12(16)9-10-5-2-3-8-19-10/h10-11H,2-9H2,1H3,(H,15,16)(H,17,18). The first-order chi connectivity index (χ1) is 9.02. The number of nitrogens with one attached hydrogen (secondary N) is 1. The molecule has 5 heteroatoms. The fraction of sp³-hybridized carbons (Fsp3) is 0.857. The summed E-state index contributed by atoms with van der Waals surface area (Å²) in [4.78, 5) is 23.3. The number of carboxylic acids is 1. The summed E-state index contributed by atoms with van der Waals surface area (Å²) in [6, 6.07) is -0.249. The van der Waals surface area contributed by atoms with E-state index in [0.29, 0.717) is 12.8 Å². The molecule has 0 spiro atoms. The molecule has 1 aliphatic carbocycles. The molecule has 1 amide bonds. The summed E-state index contributed by atoms with van der Waals surface area (Å²) in [7, 11) is 0. The van der Waals surface area contributed by atoms with E-state index < -0.39 is 11.4 Å². The van der Waals surface area contributed by atoms with E-state index in [9.17, 15) is 14.7 Å². The third-order valence-corrected chi connectivity index (χ3v) is 4.47. The topological polar surface area (TPSA) is 75.6 Å². The molecule has 108 valence electrons. The van der Waals surface area contributed by atoms with Gasteiger partial charge in [-0.15, -0.1) is 0 Å². The molecule has 1 saturated heterocycles. The normalized spacial score (nSPS) is 35.0. The van der Waals surface area contributed by atoms with E-state index in [0.717, 1.165) is 38.7 Å². The van der Waals surface area contributed by atoms with Gasteiger partial charge in [-0.3, -0.25) is 9.59 Å². The quantitative estimate of drug-likeness (QED) is 0.814. The second kappa shape index (κ2) is 5.90. The van der Waals surface area contributed by atoms with Crippen molar-refractivity contribution in [2.45, 2.75) is 64.0 Å². The van der Waals surface area contributed by atoms with Gasteiger partial charge < -0.3 is 15.2 Å². The summed E-state index contributed by atoms with van der Waals surface area (Å²) in [6.45, 7) is 2.46. The van der Waals surface area contributed by atoms with Gasteiger partial charge in [0.1, 0.15) is 0 Å². The Bertz CT molecular complexity index is 351. The lowest BCUT2D eigenvalue weighted by Crippen LogP contribution is -2.47. The summed E-state index contributed by atoms with van der Waals surface area (Å²) in [6.07, 6.45) is 5.69. The predicted octanol–water partition coefficient (Wildman–Crippen LogP) is 1.71. The molecule has 1 saturated carbocycles. The van der Waals surface area contributed by atoms with Crippen LogP contribution >= 0.6 is 0 Å². The molecule has 2 fully saturated rings. The first-order valence-corrected chi connectivity index (χ1v) is 7.17. The van der Waals surface area contributed by atoms with Crippen LogP contribution in [0.1, 0.15) is 51.9 Å². The molecule has 2 aliphatic rings. The van der Waals surface area contributed by atoms with Gasteiger partial charge in [0.15, 0.2) is 0 Å². The average molecular weight is 269 g/mol. The Morgan fingerprint density at radius 1 is 1.32 bits per heavy atom. The summed E-state index contributed by atoms with van der Waals surface area (Å²) in [5.41, 5.74) is -0.816. The van der Waals surface area contributed by atoms with Crippen molar-refractivity contribution in [2.75, 3.05) is 6.61 Å². The molecular formula is C14H23NO4. The number of ether oxygens (including phenoxy) is 1. The lowest BCUT2D eigenvalue weighted by Gasteiger charge is -2.29. The van der Waals surface area contributed by atoms with Crippen molar-refractivity contribution in [1.29, 1.82) is 0 Å². The van der Waals surface area contributed by atoms with E-state index in [4.69, 9.17) is 4.74 Å². The molecule has 0 bridgehead atoms. The smallest absolute Gasteiger partial charge is 0.311 e. The van der Waals surface area contributed by atoms with Crippen LogP contribution in [-0.4, -0.2) is 35.7 Å². The highest BCUT2D eigenvalue weighted by atomic mass is 16.5. The third-order valence-electron chi connectivity index (χ3n) is 4.47. The molecule has 5 nitrogen and oxygen atoms in total. The Kier molecular flexibility index (Phi) is 4.45. The monoisotopic (exact) mass is 269 g/mol. The van der Waals surface area contributed by atoms with Gasteiger partial charge in [-0.05, 0) is 39.0 Å². The molecule has 2 N–H and O–H groups in total. The number of carboxylic acid groups (broad SMARTS) is 1. The lowest BCUT2D eigenvalue weighted by molar-refractivity contribution is -0.149. The van der Waals surface area contributed by atoms with E-state index in [2.05, 4.69) is 5.32 Å². The molecule has 0 radical (unpaired) electrons. The highest BCUT2D eigenvalue weighted by Gasteiger charge is 2.45. The summed E-state index contributed by atoms with van der Waals surface area (Å²) in [5, 5.41) is 12.2. The minimum atomic E-state index is -0.816. The Morgan fingerprint density at radius 3 is 2.74 bits per heavy atom. The van der Waals surface area contributed by atoms with Crippen molar-refractivity contribution in [2.24, 2.45) is 5.41 Å². The molecule has 3 unspecified atom stereocenters. The van der Waals surface area contributed by atoms with Crippen LogP contribution in [0.4, 0.5) is 0 Å². The van der Waals surface area contributed by atoms with Gasteiger partial charge in [-0.25, -0.2) is 0 Å². The number of aliphatic carboxylic acids is 1. The zero-order chi connectivity index (χ0) is 13.9. The molecule has 0 aromatic heterocycles. The Labute approximate surface area is 113 Å². The van der Waals surface area contributed by atoms with Crippen molar-refractivity contribution in [3.8, 4) is 0 Å². The van der Waals surface area contributed by atoms with Crippen LogP contribution in [0, 0.1) is 5.41 Å². The first kappa shape index (κ1) is 14.3. The lowest BCUT2D eigenvalue weighted by atomic mass is 9.85. The minimum Gasteiger partial charge on any atom is -0.481 e. The van der Waals surface area contributed by atoms with Crippen LogP contribution in [0.2, 0.25) is 0 Å². The number of hydrogen-bond donors (Lipinski definition) is 2. The van der Waals surface area contributed by atoms with Gasteiger partial charge in [-0.1, -0.05) is 6.42 Å². The van der Waals surface area contributed by atoms with E-state index in [-0.39, 0.29) is 18.1 Å². The third kappa shape index (κ3) is 3.26. The molecule has 0 aromatic carbocycles. The molecule has 19 heavy (non-hydrogen) atoms. The molecule has 1 heterocycles. The van der Waals surface area contributed by atoms with Crippen molar-refractivity contribution in [1.82, 2.24) is 5.32 Å². The summed E-state index contributed by atoms with van der Waals surface area (Å²) >= 11 is 0. The minimum absolute atomic E-state index is 0.00578. The van der Waals surface area contributed by atoms with Crippen molar-refractivity contribution in [3.05, 3.63) is 0 Å². The molecule has 1 aliphatic heterocycles. The Morgan fingerprint density at radius 2 is 2.11 bits per heavy atom. The van der Waals surface area contributed by atoms with Crippen LogP contribution < -0.4 is 5.32 Å². The van der Waals surface area contributed by atoms with Crippen LogP contribution in [0.15, 0.2) is 0 Å². The number of carbonyl (C=O) groups excluding carboxylic acids is 1. The van der Waals surface area contributed by atoms with Gasteiger partial charge in [-0.2, -0.15) is 0 Å². The van der Waals surface area contributed by atoms with Crippen LogP contribution in [0.3, 0.4) is 0 Å². The van der Waals surface area contributed by atoms with Crippen molar-refractivity contribution < 1.29 is 19.4 Å². The van der Waals surface area contributed by atoms with Crippen molar-refractivity contribution >= 4 is 11.9 Å². The zero-order valence-electron chi connectivity index (χ0n) is 11.5. The number of amides is 1. The van der Waals surface area contributed by atoms with Gasteiger partial charge in [0.25, 0.3) is 0 Å². The second-order valence-electron chi connectivity index (χ2n) is 5.93. The maximum atomic E-state index is 12.0. The average Bonchev–Trinajstić information content (AvgIpc) is 2.73. The molecule has 0 aromatic rings. The van der Waals surface area contributed by atoms with Crippen LogP contribution in [0.5, 0.6) is 0 Å². The highest BCUT2D eigenvalue weighted by molar-refractivity contribution is 5.80. The van der Waals surface area contributed by atoms with E-state index in [1.165, 1.54) is 0 Å². The molecule has 2 rings (SSSR count). The number of carbonyl (C=O) groups is 2. The van der Waals surface area contributed by atoms with E-state index in [1.807, 2.05) is 0 Å². The largest absolute Gasteiger partial charge is 0.481 e. The van der Waals surface area contributed by atoms with Crippen LogP contribution in [-0.2, 0) is 14.3 Å². The summed E-state index contributed by atoms with van der Waals surface area (Å²) < 4.78 is 5.54. The Hall–Kier alpha value is -1.10. The SMILES string of the molecule is CC1(C(=O)O)CCCC1NC(=O)CC1CCCCO1. The Balaban J connectivity index is 1.86. The predicted molar refractivity (Wildman–Crippen MR) is 69.7 cm³/mol. The number of rotatable bonds is 4. The summed E-state index contributed by atoms with van der Waals surface area (Å²) in [5.74, 6) is -0.893. The van der Waals surface area contributed by atoms with Crippen LogP contribution in [0.25, 0.3) is 0 Å². The second-order valence-corrected chi connectivity index (χ2v) is 5.93. The highest BCUT2D eigenvalue weighted by Crippen LogP contribution is 2.38. The van der Waals surface area contributed by atoms with Gasteiger partial charge in [0.05, 0.1) is 17.9 Å². The van der Waals surface area contributed by atoms with Gasteiger partial charge in [0, 0.05) is 12.6 Å². The number of hydrogen-bond acceptors (Lipinski definition) is 3. The maximum absolute atomic E-state index is 12.0.